The van der Waals surface area contributed by atoms with E-state index in [4.69, 9.17) is 9.47 Å². The Balaban J connectivity index is 1.20. The van der Waals surface area contributed by atoms with Gasteiger partial charge in [0.1, 0.15) is 5.75 Å². The Morgan fingerprint density at radius 2 is 2.03 bits per heavy atom. The molecule has 8 nitrogen and oxygen atoms in total. The Morgan fingerprint density at radius 1 is 1.14 bits per heavy atom. The van der Waals surface area contributed by atoms with E-state index in [9.17, 15) is 4.79 Å². The van der Waals surface area contributed by atoms with E-state index in [0.717, 1.165) is 17.7 Å². The minimum absolute atomic E-state index is 0.186. The SMILES string of the molecule is COc1cncc(NC(=O)N2CCC(=Cc3cccc(Oc4ccc(C5CC5)cn4)c3)C(C)C2)n1. The second-order valence-electron chi connectivity index (χ2n) is 9.07. The highest BCUT2D eigenvalue weighted by Crippen LogP contribution is 2.40. The number of hydrogen-bond acceptors (Lipinski definition) is 6. The van der Waals surface area contributed by atoms with Gasteiger partial charge in [0.05, 0.1) is 19.5 Å². The van der Waals surface area contributed by atoms with Crippen LogP contribution < -0.4 is 14.8 Å². The standard InChI is InChI=1S/C27H29N5O3/c1-18-17-32(27(33)31-24-15-28-16-26(30-24)34-2)11-10-21(18)12-19-4-3-5-23(13-19)35-25-9-8-22(14-29-25)20-6-7-20/h3-5,8-9,12-16,18,20H,6-7,10-11,17H2,1-2H3,(H,30,31,33). The third kappa shape index (κ3) is 5.77. The van der Waals surface area contributed by atoms with E-state index in [2.05, 4.69) is 45.4 Å². The van der Waals surface area contributed by atoms with Crippen molar-refractivity contribution in [1.29, 1.82) is 0 Å². The molecule has 3 aromatic rings. The summed E-state index contributed by atoms with van der Waals surface area (Å²) in [7, 11) is 1.51. The average molecular weight is 472 g/mol. The number of nitrogens with one attached hydrogen (secondary N) is 1. The number of likely N-dealkylation sites (tertiary alicyclic amines) is 1. The van der Waals surface area contributed by atoms with Crippen LogP contribution in [-0.4, -0.2) is 46.1 Å². The van der Waals surface area contributed by atoms with Crippen LogP contribution in [0.5, 0.6) is 17.5 Å². The fourth-order valence-corrected chi connectivity index (χ4v) is 4.26. The molecule has 1 N–H and O–H groups in total. The van der Waals surface area contributed by atoms with Crippen LogP contribution in [0.3, 0.4) is 0 Å². The predicted octanol–water partition coefficient (Wildman–Crippen LogP) is 5.51. The van der Waals surface area contributed by atoms with Crippen molar-refractivity contribution in [2.24, 2.45) is 5.92 Å². The fraction of sp³-hybridized carbons (Fsp3) is 0.333. The molecule has 1 atom stereocenters. The number of piperidine rings is 1. The van der Waals surface area contributed by atoms with Gasteiger partial charge in [0.2, 0.25) is 11.8 Å². The molecule has 1 aliphatic heterocycles. The molecule has 2 fully saturated rings. The van der Waals surface area contributed by atoms with Crippen LogP contribution in [0.4, 0.5) is 10.6 Å². The summed E-state index contributed by atoms with van der Waals surface area (Å²) in [5.74, 6) is 3.00. The number of aromatic nitrogens is 3. The smallest absolute Gasteiger partial charge is 0.323 e. The number of urea groups is 1. The lowest BCUT2D eigenvalue weighted by Crippen LogP contribution is -2.42. The highest BCUT2D eigenvalue weighted by Gasteiger charge is 2.25. The zero-order valence-corrected chi connectivity index (χ0v) is 20.0. The van der Waals surface area contributed by atoms with Gasteiger partial charge in [-0.15, -0.1) is 0 Å². The van der Waals surface area contributed by atoms with E-state index >= 15 is 0 Å². The van der Waals surface area contributed by atoms with Crippen LogP contribution in [-0.2, 0) is 0 Å². The fourth-order valence-electron chi connectivity index (χ4n) is 4.26. The molecule has 0 bridgehead atoms. The summed E-state index contributed by atoms with van der Waals surface area (Å²) in [6.45, 7) is 3.40. The minimum Gasteiger partial charge on any atom is -0.480 e. The summed E-state index contributed by atoms with van der Waals surface area (Å²) in [5.41, 5.74) is 3.67. The van der Waals surface area contributed by atoms with Gasteiger partial charge in [-0.25, -0.2) is 9.78 Å². The van der Waals surface area contributed by atoms with E-state index in [1.54, 1.807) is 4.90 Å². The number of ether oxygens (including phenoxy) is 2. The number of methoxy groups -OCH3 is 1. The van der Waals surface area contributed by atoms with Gasteiger partial charge in [0.15, 0.2) is 5.82 Å². The third-order valence-corrected chi connectivity index (χ3v) is 6.38. The molecule has 0 radical (unpaired) electrons. The maximum atomic E-state index is 12.7. The maximum absolute atomic E-state index is 12.7. The van der Waals surface area contributed by atoms with Crippen molar-refractivity contribution in [2.75, 3.05) is 25.5 Å². The molecule has 1 unspecified atom stereocenters. The zero-order chi connectivity index (χ0) is 24.2. The van der Waals surface area contributed by atoms with E-state index < -0.39 is 0 Å². The first-order chi connectivity index (χ1) is 17.1. The highest BCUT2D eigenvalue weighted by atomic mass is 16.5. The van der Waals surface area contributed by atoms with E-state index in [1.165, 1.54) is 43.5 Å². The van der Waals surface area contributed by atoms with Gasteiger partial charge >= 0.3 is 6.03 Å². The van der Waals surface area contributed by atoms with E-state index in [-0.39, 0.29) is 11.9 Å². The lowest BCUT2D eigenvalue weighted by molar-refractivity contribution is 0.197. The van der Waals surface area contributed by atoms with Crippen molar-refractivity contribution in [3.63, 3.8) is 0 Å². The Morgan fingerprint density at radius 3 is 2.77 bits per heavy atom. The Bertz CT molecular complexity index is 1220. The molecule has 1 saturated heterocycles. The molecular formula is C27H29N5O3. The lowest BCUT2D eigenvalue weighted by atomic mass is 9.91. The number of benzene rings is 1. The second kappa shape index (κ2) is 10.1. The van der Waals surface area contributed by atoms with Gasteiger partial charge in [0.25, 0.3) is 0 Å². The van der Waals surface area contributed by atoms with Crippen LogP contribution >= 0.6 is 0 Å². The molecule has 5 rings (SSSR count). The molecule has 3 heterocycles. The highest BCUT2D eigenvalue weighted by molar-refractivity contribution is 5.88. The van der Waals surface area contributed by atoms with Crippen LogP contribution in [0.1, 0.15) is 43.2 Å². The Hall–Kier alpha value is -3.94. The summed E-state index contributed by atoms with van der Waals surface area (Å²) in [6, 6.07) is 11.9. The molecule has 1 saturated carbocycles. The monoisotopic (exact) mass is 471 g/mol. The first-order valence-corrected chi connectivity index (χ1v) is 11.9. The number of pyridine rings is 1. The number of nitrogens with zero attached hydrogens (tertiary/aromatic N) is 4. The van der Waals surface area contributed by atoms with Gasteiger partial charge in [-0.2, -0.15) is 4.98 Å². The van der Waals surface area contributed by atoms with E-state index in [0.29, 0.717) is 36.6 Å². The van der Waals surface area contributed by atoms with Gasteiger partial charge in [0, 0.05) is 25.4 Å². The molecule has 2 aliphatic rings. The molecular weight excluding hydrogens is 442 g/mol. The van der Waals surface area contributed by atoms with Crippen molar-refractivity contribution < 1.29 is 14.3 Å². The van der Waals surface area contributed by atoms with Crippen LogP contribution in [0, 0.1) is 5.92 Å². The number of hydrogen-bond donors (Lipinski definition) is 1. The summed E-state index contributed by atoms with van der Waals surface area (Å²) >= 11 is 0. The van der Waals surface area contributed by atoms with Gasteiger partial charge in [-0.3, -0.25) is 10.3 Å². The molecule has 8 heteroatoms. The number of carbonyl (C=O) groups excluding carboxylic acids is 1. The molecule has 1 aliphatic carbocycles. The first-order valence-electron chi connectivity index (χ1n) is 11.9. The molecule has 2 amide bonds. The minimum atomic E-state index is -0.186. The van der Waals surface area contributed by atoms with Gasteiger partial charge in [-0.1, -0.05) is 36.8 Å². The molecule has 180 valence electrons. The van der Waals surface area contributed by atoms with Crippen LogP contribution in [0.2, 0.25) is 0 Å². The van der Waals surface area contributed by atoms with Crippen LogP contribution in [0.25, 0.3) is 6.08 Å². The van der Waals surface area contributed by atoms with Crippen molar-refractivity contribution >= 4 is 17.9 Å². The maximum Gasteiger partial charge on any atom is 0.323 e. The number of carbonyl (C=O) groups is 1. The molecule has 0 spiro atoms. The second-order valence-corrected chi connectivity index (χ2v) is 9.07. The van der Waals surface area contributed by atoms with Crippen LogP contribution in [0.15, 0.2) is 60.6 Å². The first kappa shape index (κ1) is 22.8. The summed E-state index contributed by atoms with van der Waals surface area (Å²) in [6.07, 6.45) is 10.4. The van der Waals surface area contributed by atoms with Gasteiger partial charge in [-0.05, 0) is 54.4 Å². The molecule has 2 aromatic heterocycles. The van der Waals surface area contributed by atoms with Crippen molar-refractivity contribution in [3.8, 4) is 17.5 Å². The summed E-state index contributed by atoms with van der Waals surface area (Å²) in [4.78, 5) is 27.2. The Labute approximate surface area is 205 Å². The predicted molar refractivity (Wildman–Crippen MR) is 134 cm³/mol. The van der Waals surface area contributed by atoms with E-state index in [1.807, 2.05) is 30.5 Å². The number of rotatable bonds is 6. The largest absolute Gasteiger partial charge is 0.480 e. The summed E-state index contributed by atoms with van der Waals surface area (Å²) in [5, 5.41) is 2.81. The number of amides is 2. The average Bonchev–Trinajstić information content (AvgIpc) is 3.72. The topological polar surface area (TPSA) is 89.5 Å². The molecule has 1 aromatic carbocycles. The summed E-state index contributed by atoms with van der Waals surface area (Å²) < 4.78 is 11.1. The quantitative estimate of drug-likeness (QED) is 0.510. The Kier molecular flexibility index (Phi) is 6.61. The van der Waals surface area contributed by atoms with Crippen molar-refractivity contribution in [1.82, 2.24) is 19.9 Å². The molecule has 35 heavy (non-hydrogen) atoms. The van der Waals surface area contributed by atoms with Gasteiger partial charge < -0.3 is 14.4 Å². The zero-order valence-electron chi connectivity index (χ0n) is 20.0. The normalized spacial score (nSPS) is 18.9. The van der Waals surface area contributed by atoms with Crippen molar-refractivity contribution in [2.45, 2.75) is 32.1 Å². The lowest BCUT2D eigenvalue weighted by Gasteiger charge is -2.33. The number of anilines is 1. The third-order valence-electron chi connectivity index (χ3n) is 6.38. The van der Waals surface area contributed by atoms with Crippen molar-refractivity contribution in [3.05, 3.63) is 71.7 Å².